The standard InChI is InChI=1S/C16H30O12/c1-24-3-2-4-25-15-13(23)11(21)14(8(6-18)27-15)28-16-12(22)10(20)9(19)7(5-17)26-16/h7-23H,2-6H2,1H3/t7?,8?,9-,10?,11?,12?,13?,14+,15-,16-/m0/s1. The molecule has 12 nitrogen and oxygen atoms in total. The zero-order valence-corrected chi connectivity index (χ0v) is 15.5. The Balaban J connectivity index is 2.02. The van der Waals surface area contributed by atoms with Gasteiger partial charge in [-0.3, -0.25) is 0 Å². The van der Waals surface area contributed by atoms with Crippen LogP contribution in [-0.2, 0) is 23.7 Å². The van der Waals surface area contributed by atoms with Crippen LogP contribution < -0.4 is 0 Å². The molecule has 2 saturated heterocycles. The third kappa shape index (κ3) is 5.36. The van der Waals surface area contributed by atoms with Gasteiger partial charge in [0.2, 0.25) is 0 Å². The maximum atomic E-state index is 10.4. The summed E-state index contributed by atoms with van der Waals surface area (Å²) in [4.78, 5) is 0. The van der Waals surface area contributed by atoms with E-state index in [-0.39, 0.29) is 6.61 Å². The first-order valence-electron chi connectivity index (χ1n) is 9.04. The van der Waals surface area contributed by atoms with E-state index in [2.05, 4.69) is 0 Å². The number of aliphatic hydroxyl groups is 7. The fraction of sp³-hybridized carbons (Fsp3) is 1.00. The molecule has 12 heteroatoms. The summed E-state index contributed by atoms with van der Waals surface area (Å²) in [7, 11) is 1.53. The SMILES string of the molecule is COCCCO[C@H]1OC(CO)[C@@H](O[C@@H]2OC(CO)[C@H](O)C(O)C2O)C(O)C1O. The summed E-state index contributed by atoms with van der Waals surface area (Å²) in [6.07, 6.45) is -14.0. The van der Waals surface area contributed by atoms with E-state index in [1.54, 1.807) is 0 Å². The zero-order valence-electron chi connectivity index (χ0n) is 15.5. The Kier molecular flexibility index (Phi) is 9.40. The Morgan fingerprint density at radius 1 is 0.714 bits per heavy atom. The van der Waals surface area contributed by atoms with Crippen LogP contribution in [-0.4, -0.2) is 131 Å². The number of aliphatic hydroxyl groups excluding tert-OH is 7. The molecule has 0 radical (unpaired) electrons. The van der Waals surface area contributed by atoms with Crippen LogP contribution in [0.15, 0.2) is 0 Å². The molecule has 0 aromatic rings. The predicted octanol–water partition coefficient (Wildman–Crippen LogP) is -4.34. The van der Waals surface area contributed by atoms with E-state index in [4.69, 9.17) is 23.7 Å². The van der Waals surface area contributed by atoms with Crippen LogP contribution in [0, 0.1) is 0 Å². The molecule has 7 N–H and O–H groups in total. The summed E-state index contributed by atoms with van der Waals surface area (Å²) in [5.74, 6) is 0. The lowest BCUT2D eigenvalue weighted by atomic mass is 9.97. The molecule has 2 aliphatic rings. The molecule has 166 valence electrons. The Labute approximate surface area is 161 Å². The molecule has 0 bridgehead atoms. The van der Waals surface area contributed by atoms with Gasteiger partial charge in [-0.25, -0.2) is 0 Å². The maximum absolute atomic E-state index is 10.4. The summed E-state index contributed by atoms with van der Waals surface area (Å²) in [5.41, 5.74) is 0. The van der Waals surface area contributed by atoms with E-state index >= 15 is 0 Å². The highest BCUT2D eigenvalue weighted by molar-refractivity contribution is 4.94. The number of hydrogen-bond donors (Lipinski definition) is 7. The second-order valence-electron chi connectivity index (χ2n) is 6.72. The van der Waals surface area contributed by atoms with Gasteiger partial charge in [-0.2, -0.15) is 0 Å². The van der Waals surface area contributed by atoms with Gasteiger partial charge in [0.15, 0.2) is 12.6 Å². The van der Waals surface area contributed by atoms with Crippen molar-refractivity contribution in [1.82, 2.24) is 0 Å². The van der Waals surface area contributed by atoms with E-state index in [0.717, 1.165) is 0 Å². The predicted molar refractivity (Wildman–Crippen MR) is 88.8 cm³/mol. The molecule has 2 rings (SSSR count). The second kappa shape index (κ2) is 11.1. The van der Waals surface area contributed by atoms with Gasteiger partial charge in [-0.1, -0.05) is 0 Å². The first-order valence-corrected chi connectivity index (χ1v) is 9.04. The summed E-state index contributed by atoms with van der Waals surface area (Å²) in [6, 6.07) is 0. The summed E-state index contributed by atoms with van der Waals surface area (Å²) in [6.45, 7) is -0.655. The van der Waals surface area contributed by atoms with Gasteiger partial charge in [-0.15, -0.1) is 0 Å². The molecule has 0 aromatic carbocycles. The van der Waals surface area contributed by atoms with Crippen molar-refractivity contribution in [3.63, 3.8) is 0 Å². The molecular weight excluding hydrogens is 384 g/mol. The van der Waals surface area contributed by atoms with E-state index in [0.29, 0.717) is 13.0 Å². The average Bonchev–Trinajstić information content (AvgIpc) is 2.70. The first kappa shape index (κ1) is 23.8. The zero-order chi connectivity index (χ0) is 20.8. The molecule has 0 aromatic heterocycles. The fourth-order valence-electron chi connectivity index (χ4n) is 3.10. The van der Waals surface area contributed by atoms with Crippen LogP contribution in [0.3, 0.4) is 0 Å². The second-order valence-corrected chi connectivity index (χ2v) is 6.72. The molecular formula is C16H30O12. The summed E-state index contributed by atoms with van der Waals surface area (Å²) < 4.78 is 26.4. The van der Waals surface area contributed by atoms with E-state index in [1.165, 1.54) is 7.11 Å². The van der Waals surface area contributed by atoms with Crippen LogP contribution >= 0.6 is 0 Å². The highest BCUT2D eigenvalue weighted by Gasteiger charge is 2.50. The summed E-state index contributed by atoms with van der Waals surface area (Å²) >= 11 is 0. The van der Waals surface area contributed by atoms with Gasteiger partial charge in [-0.05, 0) is 6.42 Å². The number of methoxy groups -OCH3 is 1. The Bertz CT molecular complexity index is 449. The molecule has 28 heavy (non-hydrogen) atoms. The lowest BCUT2D eigenvalue weighted by Crippen LogP contribution is -2.64. The van der Waals surface area contributed by atoms with E-state index < -0.39 is 74.6 Å². The molecule has 0 spiro atoms. The van der Waals surface area contributed by atoms with Crippen LogP contribution in [0.2, 0.25) is 0 Å². The highest BCUT2D eigenvalue weighted by Crippen LogP contribution is 2.29. The molecule has 2 heterocycles. The molecule has 0 aliphatic carbocycles. The van der Waals surface area contributed by atoms with Crippen LogP contribution in [0.1, 0.15) is 6.42 Å². The van der Waals surface area contributed by atoms with Crippen molar-refractivity contribution in [3.8, 4) is 0 Å². The topological polar surface area (TPSA) is 188 Å². The lowest BCUT2D eigenvalue weighted by Gasteiger charge is -2.45. The lowest BCUT2D eigenvalue weighted by molar-refractivity contribution is -0.359. The number of hydrogen-bond acceptors (Lipinski definition) is 12. The van der Waals surface area contributed by atoms with Crippen molar-refractivity contribution in [3.05, 3.63) is 0 Å². The van der Waals surface area contributed by atoms with Crippen LogP contribution in [0.4, 0.5) is 0 Å². The molecule has 2 fully saturated rings. The molecule has 2 aliphatic heterocycles. The summed E-state index contributed by atoms with van der Waals surface area (Å²) in [5, 5.41) is 69.1. The van der Waals surface area contributed by atoms with Gasteiger partial charge >= 0.3 is 0 Å². The Morgan fingerprint density at radius 2 is 1.32 bits per heavy atom. The molecule has 10 atom stereocenters. The minimum absolute atomic E-state index is 0.179. The highest BCUT2D eigenvalue weighted by atomic mass is 16.7. The van der Waals surface area contributed by atoms with Gasteiger partial charge in [0.1, 0.15) is 48.8 Å². The molecule has 0 saturated carbocycles. The van der Waals surface area contributed by atoms with Gasteiger partial charge in [0, 0.05) is 13.7 Å². The van der Waals surface area contributed by atoms with E-state index in [9.17, 15) is 35.7 Å². The molecule has 6 unspecified atom stereocenters. The van der Waals surface area contributed by atoms with Crippen molar-refractivity contribution in [1.29, 1.82) is 0 Å². The Hall–Kier alpha value is -0.480. The third-order valence-electron chi connectivity index (χ3n) is 4.74. The van der Waals surface area contributed by atoms with Crippen molar-refractivity contribution in [2.24, 2.45) is 0 Å². The Morgan fingerprint density at radius 3 is 1.93 bits per heavy atom. The maximum Gasteiger partial charge on any atom is 0.187 e. The normalized spacial score (nSPS) is 44.6. The molecule has 0 amide bonds. The van der Waals surface area contributed by atoms with Gasteiger partial charge in [0.05, 0.1) is 19.8 Å². The minimum Gasteiger partial charge on any atom is -0.394 e. The van der Waals surface area contributed by atoms with Gasteiger partial charge < -0.3 is 59.4 Å². The quantitative estimate of drug-likeness (QED) is 0.180. The van der Waals surface area contributed by atoms with Crippen molar-refractivity contribution in [2.75, 3.05) is 33.5 Å². The van der Waals surface area contributed by atoms with Crippen molar-refractivity contribution < 1.29 is 59.4 Å². The fourth-order valence-corrected chi connectivity index (χ4v) is 3.10. The van der Waals surface area contributed by atoms with Gasteiger partial charge in [0.25, 0.3) is 0 Å². The van der Waals surface area contributed by atoms with Crippen molar-refractivity contribution in [2.45, 2.75) is 67.8 Å². The minimum atomic E-state index is -1.70. The first-order chi connectivity index (χ1) is 13.3. The largest absolute Gasteiger partial charge is 0.394 e. The average molecular weight is 414 g/mol. The van der Waals surface area contributed by atoms with Crippen molar-refractivity contribution >= 4 is 0 Å². The smallest absolute Gasteiger partial charge is 0.187 e. The number of ether oxygens (including phenoxy) is 5. The monoisotopic (exact) mass is 414 g/mol. The van der Waals surface area contributed by atoms with E-state index in [1.807, 2.05) is 0 Å². The number of rotatable bonds is 9. The van der Waals surface area contributed by atoms with Crippen LogP contribution in [0.25, 0.3) is 0 Å². The third-order valence-corrected chi connectivity index (χ3v) is 4.74. The van der Waals surface area contributed by atoms with Crippen LogP contribution in [0.5, 0.6) is 0 Å².